The third-order valence-corrected chi connectivity index (χ3v) is 3.09. The smallest absolute Gasteiger partial charge is 0.164 e. The molecule has 0 saturated heterocycles. The van der Waals surface area contributed by atoms with E-state index in [-0.39, 0.29) is 0 Å². The van der Waals surface area contributed by atoms with Crippen molar-refractivity contribution in [2.75, 3.05) is 0 Å². The predicted octanol–water partition coefficient (Wildman–Crippen LogP) is 2.71. The lowest BCUT2D eigenvalue weighted by Crippen LogP contribution is -2.21. The van der Waals surface area contributed by atoms with Crippen molar-refractivity contribution < 1.29 is 0 Å². The summed E-state index contributed by atoms with van der Waals surface area (Å²) < 4.78 is 1.71. The third-order valence-electron chi connectivity index (χ3n) is 2.83. The monoisotopic (exact) mass is 264 g/mol. The summed E-state index contributed by atoms with van der Waals surface area (Å²) in [4.78, 5) is 4.20. The topological polar surface area (TPSA) is 42.7 Å². The minimum absolute atomic E-state index is 0.297. The van der Waals surface area contributed by atoms with Crippen molar-refractivity contribution >= 4 is 11.6 Å². The van der Waals surface area contributed by atoms with Crippen LogP contribution in [0.25, 0.3) is 0 Å². The number of nitrogens with zero attached hydrogens (tertiary/aromatic N) is 3. The summed E-state index contributed by atoms with van der Waals surface area (Å²) in [7, 11) is 1.87. The Morgan fingerprint density at radius 3 is 2.61 bits per heavy atom. The average Bonchev–Trinajstić information content (AvgIpc) is 2.78. The Morgan fingerprint density at radius 2 is 2.06 bits per heavy atom. The Hall–Kier alpha value is -1.39. The molecule has 0 aliphatic heterocycles. The van der Waals surface area contributed by atoms with Gasteiger partial charge < -0.3 is 5.32 Å². The van der Waals surface area contributed by atoms with E-state index >= 15 is 0 Å². The van der Waals surface area contributed by atoms with Gasteiger partial charge in [-0.3, -0.25) is 4.68 Å². The summed E-state index contributed by atoms with van der Waals surface area (Å²) in [6.45, 7) is 2.82. The standard InChI is InChI=1S/C13H17ClN4/c1-3-12(10-4-6-11(14)7-5-10)15-8-13-16-9-18(2)17-13/h4-7,9,12,15H,3,8H2,1-2H3. The van der Waals surface area contributed by atoms with Crippen LogP contribution in [0.5, 0.6) is 0 Å². The normalized spacial score (nSPS) is 12.6. The third kappa shape index (κ3) is 3.31. The highest BCUT2D eigenvalue weighted by molar-refractivity contribution is 6.30. The quantitative estimate of drug-likeness (QED) is 0.903. The van der Waals surface area contributed by atoms with Gasteiger partial charge in [0.1, 0.15) is 6.33 Å². The lowest BCUT2D eigenvalue weighted by atomic mass is 10.0. The lowest BCUT2D eigenvalue weighted by molar-refractivity contribution is 0.507. The van der Waals surface area contributed by atoms with Gasteiger partial charge in [-0.1, -0.05) is 30.7 Å². The van der Waals surface area contributed by atoms with Crippen molar-refractivity contribution in [3.05, 3.63) is 47.0 Å². The SMILES string of the molecule is CCC(NCc1ncn(C)n1)c1ccc(Cl)cc1. The van der Waals surface area contributed by atoms with E-state index in [1.165, 1.54) is 5.56 Å². The van der Waals surface area contributed by atoms with E-state index < -0.39 is 0 Å². The maximum atomic E-state index is 5.89. The number of hydrogen-bond acceptors (Lipinski definition) is 3. The molecule has 2 aromatic rings. The molecule has 0 radical (unpaired) electrons. The van der Waals surface area contributed by atoms with Crippen molar-refractivity contribution in [1.82, 2.24) is 20.1 Å². The zero-order chi connectivity index (χ0) is 13.0. The Morgan fingerprint density at radius 1 is 1.33 bits per heavy atom. The molecule has 4 nitrogen and oxygen atoms in total. The summed E-state index contributed by atoms with van der Waals surface area (Å²) in [5.74, 6) is 0.810. The first-order valence-electron chi connectivity index (χ1n) is 6.02. The van der Waals surface area contributed by atoms with Crippen LogP contribution < -0.4 is 5.32 Å². The zero-order valence-electron chi connectivity index (χ0n) is 10.6. The Labute approximate surface area is 112 Å². The molecule has 0 fully saturated rings. The highest BCUT2D eigenvalue weighted by Gasteiger charge is 2.09. The van der Waals surface area contributed by atoms with Gasteiger partial charge in [0.2, 0.25) is 0 Å². The molecule has 0 amide bonds. The number of benzene rings is 1. The van der Waals surface area contributed by atoms with Crippen molar-refractivity contribution in [2.24, 2.45) is 7.05 Å². The number of aromatic nitrogens is 3. The lowest BCUT2D eigenvalue weighted by Gasteiger charge is -2.16. The zero-order valence-corrected chi connectivity index (χ0v) is 11.4. The molecule has 0 spiro atoms. The highest BCUT2D eigenvalue weighted by atomic mass is 35.5. The number of halogens is 1. The number of rotatable bonds is 5. The van der Waals surface area contributed by atoms with Gasteiger partial charge in [-0.25, -0.2) is 4.98 Å². The largest absolute Gasteiger partial charge is 0.303 e. The molecule has 18 heavy (non-hydrogen) atoms. The van der Waals surface area contributed by atoms with Crippen molar-refractivity contribution in [3.8, 4) is 0 Å². The van der Waals surface area contributed by atoms with Gasteiger partial charge in [0.05, 0.1) is 6.54 Å². The van der Waals surface area contributed by atoms with Crippen molar-refractivity contribution in [2.45, 2.75) is 25.9 Å². The average molecular weight is 265 g/mol. The van der Waals surface area contributed by atoms with Gasteiger partial charge in [-0.05, 0) is 24.1 Å². The molecule has 1 atom stereocenters. The molecule has 0 aliphatic rings. The second-order valence-corrected chi connectivity index (χ2v) is 4.66. The van der Waals surface area contributed by atoms with Crippen LogP contribution in [-0.2, 0) is 13.6 Å². The molecule has 1 aromatic carbocycles. The summed E-state index contributed by atoms with van der Waals surface area (Å²) in [5.41, 5.74) is 1.23. The molecule has 0 saturated carbocycles. The van der Waals surface area contributed by atoms with E-state index in [4.69, 9.17) is 11.6 Å². The first-order valence-corrected chi connectivity index (χ1v) is 6.40. The van der Waals surface area contributed by atoms with Crippen LogP contribution in [0.3, 0.4) is 0 Å². The maximum absolute atomic E-state index is 5.89. The fourth-order valence-corrected chi connectivity index (χ4v) is 2.00. The molecular formula is C13H17ClN4. The van der Waals surface area contributed by atoms with Gasteiger partial charge in [-0.2, -0.15) is 5.10 Å². The number of aryl methyl sites for hydroxylation is 1. The first-order chi connectivity index (χ1) is 8.69. The van der Waals surface area contributed by atoms with Crippen LogP contribution in [-0.4, -0.2) is 14.8 Å². The molecule has 1 aromatic heterocycles. The van der Waals surface area contributed by atoms with Crippen LogP contribution in [0.2, 0.25) is 5.02 Å². The summed E-state index contributed by atoms with van der Waals surface area (Å²) >= 11 is 5.89. The van der Waals surface area contributed by atoms with Gasteiger partial charge in [0.15, 0.2) is 5.82 Å². The Bertz CT molecular complexity index is 492. The summed E-state index contributed by atoms with van der Waals surface area (Å²) in [5, 5.41) is 8.46. The second kappa shape index (κ2) is 5.98. The van der Waals surface area contributed by atoms with E-state index in [9.17, 15) is 0 Å². The molecule has 5 heteroatoms. The molecular weight excluding hydrogens is 248 g/mol. The van der Waals surface area contributed by atoms with E-state index in [0.29, 0.717) is 12.6 Å². The van der Waals surface area contributed by atoms with Crippen LogP contribution in [0.15, 0.2) is 30.6 Å². The van der Waals surface area contributed by atoms with Gasteiger partial charge in [-0.15, -0.1) is 0 Å². The minimum Gasteiger partial charge on any atom is -0.303 e. The molecule has 2 rings (SSSR count). The first kappa shape index (κ1) is 13.1. The van der Waals surface area contributed by atoms with E-state index in [1.54, 1.807) is 11.0 Å². The molecule has 1 unspecified atom stereocenters. The van der Waals surface area contributed by atoms with Crippen LogP contribution >= 0.6 is 11.6 Å². The Kier molecular flexibility index (Phi) is 4.33. The van der Waals surface area contributed by atoms with E-state index in [2.05, 4.69) is 34.5 Å². The molecule has 1 N–H and O–H groups in total. The summed E-state index contributed by atoms with van der Waals surface area (Å²) in [6.07, 6.45) is 2.72. The van der Waals surface area contributed by atoms with E-state index in [0.717, 1.165) is 17.3 Å². The van der Waals surface area contributed by atoms with Crippen LogP contribution in [0, 0.1) is 0 Å². The molecule has 0 bridgehead atoms. The summed E-state index contributed by atoms with van der Waals surface area (Å²) in [6, 6.07) is 8.23. The van der Waals surface area contributed by atoms with Gasteiger partial charge in [0, 0.05) is 18.1 Å². The predicted molar refractivity (Wildman–Crippen MR) is 72.3 cm³/mol. The van der Waals surface area contributed by atoms with Gasteiger partial charge >= 0.3 is 0 Å². The number of hydrogen-bond donors (Lipinski definition) is 1. The van der Waals surface area contributed by atoms with Gasteiger partial charge in [0.25, 0.3) is 0 Å². The Balaban J connectivity index is 1.99. The maximum Gasteiger partial charge on any atom is 0.164 e. The van der Waals surface area contributed by atoms with Crippen LogP contribution in [0.1, 0.15) is 30.8 Å². The molecule has 96 valence electrons. The van der Waals surface area contributed by atoms with Crippen molar-refractivity contribution in [3.63, 3.8) is 0 Å². The minimum atomic E-state index is 0.297. The second-order valence-electron chi connectivity index (χ2n) is 4.23. The number of nitrogens with one attached hydrogen (secondary N) is 1. The fourth-order valence-electron chi connectivity index (χ4n) is 1.87. The fraction of sp³-hybridized carbons (Fsp3) is 0.385. The molecule has 1 heterocycles. The molecule has 0 aliphatic carbocycles. The highest BCUT2D eigenvalue weighted by Crippen LogP contribution is 2.19. The van der Waals surface area contributed by atoms with E-state index in [1.807, 2.05) is 19.2 Å². The van der Waals surface area contributed by atoms with Crippen molar-refractivity contribution in [1.29, 1.82) is 0 Å². The van der Waals surface area contributed by atoms with Crippen LogP contribution in [0.4, 0.5) is 0 Å².